The van der Waals surface area contributed by atoms with Gasteiger partial charge < -0.3 is 60.0 Å². The van der Waals surface area contributed by atoms with Crippen LogP contribution in [-0.2, 0) is 28.8 Å². The van der Waals surface area contributed by atoms with Gasteiger partial charge in [-0.3, -0.25) is 38.6 Å². The molecule has 13 aliphatic heterocycles. The van der Waals surface area contributed by atoms with E-state index < -0.39 is 138 Å². The Bertz CT molecular complexity index is 3190. The van der Waals surface area contributed by atoms with E-state index in [0.717, 1.165) is 0 Å². The molecule has 18 atom stereocenters. The third kappa shape index (κ3) is 14.1. The van der Waals surface area contributed by atoms with Crippen molar-refractivity contribution in [3.63, 3.8) is 0 Å². The van der Waals surface area contributed by atoms with E-state index in [-0.39, 0.29) is 103 Å². The number of carboxylic acid groups (broad SMARTS) is 6. The molecule has 0 saturated carbocycles. The van der Waals surface area contributed by atoms with E-state index in [1.54, 1.807) is 130 Å². The number of carboxylic acids is 6. The lowest BCUT2D eigenvalue weighted by atomic mass is 10.00. The number of hydrogen-bond donors (Lipinski definition) is 6. The quantitative estimate of drug-likeness (QED) is 0.0309. The molecule has 0 aromatic carbocycles. The smallest absolute Gasteiger partial charge is 0.358 e. The van der Waals surface area contributed by atoms with Gasteiger partial charge in [-0.15, -0.1) is 0 Å². The predicted molar refractivity (Wildman–Crippen MR) is 373 cm³/mol. The van der Waals surface area contributed by atoms with Gasteiger partial charge in [-0.2, -0.15) is 70.6 Å². The maximum absolute atomic E-state index is 16.8. The molecule has 0 aromatic rings. The molecular weight excluding hydrogens is 1420 g/mol. The molecule has 100 heavy (non-hydrogen) atoms. The summed E-state index contributed by atoms with van der Waals surface area (Å²) in [7, 11) is 0. The van der Waals surface area contributed by atoms with Crippen LogP contribution in [0.5, 0.6) is 0 Å². The Balaban J connectivity index is 0.939. The Labute approximate surface area is 605 Å². The monoisotopic (exact) mass is 1510 g/mol. The molecule has 0 radical (unpaired) electrons. The molecule has 0 spiro atoms. The summed E-state index contributed by atoms with van der Waals surface area (Å²) in [5, 5.41) is 62.9. The van der Waals surface area contributed by atoms with Gasteiger partial charge in [0.1, 0.15) is 26.7 Å². The lowest BCUT2D eigenvalue weighted by Crippen LogP contribution is -2.59. The minimum absolute atomic E-state index is 0.0315. The first-order valence-corrected chi connectivity index (χ1v) is 42.0. The highest BCUT2D eigenvalue weighted by Gasteiger charge is 2.69. The molecular formula is C64H92N12O18S6. The number of hydrogen-bond acceptors (Lipinski definition) is 18. The van der Waals surface area contributed by atoms with Crippen LogP contribution in [0.15, 0.2) is 0 Å². The normalized spacial score (nSPS) is 34.1. The second-order valence-corrected chi connectivity index (χ2v) is 36.4. The van der Waals surface area contributed by atoms with Crippen LogP contribution in [0.2, 0.25) is 0 Å². The van der Waals surface area contributed by atoms with Crippen molar-refractivity contribution in [2.75, 3.05) is 61.2 Å². The molecule has 13 rings (SSSR count). The van der Waals surface area contributed by atoms with Gasteiger partial charge >= 0.3 is 72.0 Å². The van der Waals surface area contributed by atoms with Gasteiger partial charge in [0.2, 0.25) is 0 Å². The average Bonchev–Trinajstić information content (AvgIpc) is 1.54. The number of urea groups is 6. The van der Waals surface area contributed by atoms with Gasteiger partial charge in [-0.1, -0.05) is 38.5 Å². The van der Waals surface area contributed by atoms with Crippen molar-refractivity contribution >= 4 is 143 Å². The summed E-state index contributed by atoms with van der Waals surface area (Å²) in [5.74, 6) is -3.07. The molecule has 552 valence electrons. The Morgan fingerprint density at radius 3 is 0.720 bits per heavy atom. The van der Waals surface area contributed by atoms with Gasteiger partial charge in [0.05, 0.1) is 72.5 Å². The molecule has 0 aliphatic carbocycles. The number of thioether (sulfide) groups is 6. The van der Waals surface area contributed by atoms with Crippen LogP contribution < -0.4 is 0 Å². The Hall–Kier alpha value is -5.46. The van der Waals surface area contributed by atoms with Crippen molar-refractivity contribution in [1.29, 1.82) is 0 Å². The van der Waals surface area contributed by atoms with E-state index in [9.17, 15) is 59.4 Å². The fraction of sp³-hybridized carbons (Fsp3) is 0.812. The first-order valence-electron chi connectivity index (χ1n) is 35.7. The summed E-state index contributed by atoms with van der Waals surface area (Å²) in [5.41, 5.74) is 0. The van der Waals surface area contributed by atoms with E-state index in [2.05, 4.69) is 0 Å². The average molecular weight is 1510 g/mol. The van der Waals surface area contributed by atoms with Gasteiger partial charge in [0.25, 0.3) is 0 Å². The van der Waals surface area contributed by atoms with Gasteiger partial charge in [-0.05, 0) is 77.0 Å². The van der Waals surface area contributed by atoms with Crippen LogP contribution >= 0.6 is 70.6 Å². The third-order valence-electron chi connectivity index (χ3n) is 23.0. The van der Waals surface area contributed by atoms with Crippen LogP contribution in [0.3, 0.4) is 0 Å². The van der Waals surface area contributed by atoms with Gasteiger partial charge in [-0.25, -0.2) is 48.8 Å². The Morgan fingerprint density at radius 2 is 0.450 bits per heavy atom. The number of carbonyl (C=O) groups excluding carboxylic acids is 6. The number of rotatable bonds is 30. The molecule has 13 fully saturated rings. The van der Waals surface area contributed by atoms with E-state index in [1.165, 1.54) is 0 Å². The zero-order valence-corrected chi connectivity index (χ0v) is 60.7. The fourth-order valence-electron chi connectivity index (χ4n) is 18.4. The van der Waals surface area contributed by atoms with Crippen molar-refractivity contribution in [3.05, 3.63) is 0 Å². The molecule has 13 aliphatic rings. The Kier molecular flexibility index (Phi) is 22.7. The third-order valence-corrected chi connectivity index (χ3v) is 31.8. The molecule has 0 aromatic heterocycles. The summed E-state index contributed by atoms with van der Waals surface area (Å²) < 4.78 is 0. The van der Waals surface area contributed by atoms with E-state index >= 15 is 28.8 Å². The number of nitrogens with zero attached hydrogens (tertiary/aromatic N) is 12. The highest BCUT2D eigenvalue weighted by Crippen LogP contribution is 2.54. The fourth-order valence-corrected chi connectivity index (χ4v) is 28.4. The standard InChI is InChI=1S/C64H92N12O18S6/c77-47(78)19-7-1-13-41-53-35(25-95-41)65-31-66-36-26-96-42(14-2-8-20-48(79)80)54(36)71(60(66)90)33-68-38-28-98-44(16-4-10-22-50(83)84)56(38)74(62(68)92)73-40-30-100-46(18-6-12-24-52(87)88)58(40)76(64(73)94)75-57-39(29-99-45(57)17-5-11-23-51(85)86)69(63(75)93)34-72-55-37(67(61(72)91)32-70(53)59(65)89)27-97-43(55)15-3-9-21-49(81)82/h35-46,53-58H,1-34H2,(H,77,78)(H,79,80)(H,81,82)(H,83,84)(H,85,86)(H,87,88)/t35?,36?,37?,38?,39?,40?,41-,42-,43-,44-,45-,46-,53?,54?,55?,56?,57?,58?/m0/s1. The number of unbranched alkanes of at least 4 members (excludes halogenated alkanes) is 6. The molecule has 6 N–H and O–H groups in total. The van der Waals surface area contributed by atoms with Crippen LogP contribution in [0.1, 0.15) is 154 Å². The van der Waals surface area contributed by atoms with Crippen molar-refractivity contribution in [3.8, 4) is 0 Å². The van der Waals surface area contributed by atoms with E-state index in [0.29, 0.717) is 150 Å². The van der Waals surface area contributed by atoms with Gasteiger partial charge in [0, 0.05) is 105 Å². The molecule has 12 unspecified atom stereocenters. The van der Waals surface area contributed by atoms with E-state index in [1.807, 2.05) is 0 Å². The number of aliphatic carboxylic acids is 6. The maximum Gasteiger partial charge on any atom is 0.358 e. The van der Waals surface area contributed by atoms with Crippen LogP contribution in [-0.4, -0.2) is 327 Å². The molecule has 30 nitrogen and oxygen atoms in total. The second kappa shape index (κ2) is 31.1. The van der Waals surface area contributed by atoms with Crippen molar-refractivity contribution in [1.82, 2.24) is 59.2 Å². The number of amides is 12. The Morgan fingerprint density at radius 1 is 0.250 bits per heavy atom. The van der Waals surface area contributed by atoms with Crippen LogP contribution in [0.25, 0.3) is 0 Å². The second-order valence-electron chi connectivity index (χ2n) is 28.8. The minimum Gasteiger partial charge on any atom is -0.481 e. The molecule has 12 bridgehead atoms. The SMILES string of the molecule is O=C(O)CCCC[C@@H]1SCC2C1N1CN3C(=O)N(CN4C(=O)N(C5C4CS[C@H]5CCCCC(=O)O)N4C(=O)N(C5CS[C@@H](CCCCC(=O)O)C54)N4C(=O)N(CN5C(=O)N(CN2C1=O)C1CS[C@@H](CCCCC(=O)O)C15)C1CS[C@@H](CCCCC(=O)O)C14)C1C3CS[C@H]1CCCCC(=O)O. The summed E-state index contributed by atoms with van der Waals surface area (Å²) in [6.45, 7) is -0.692. The summed E-state index contributed by atoms with van der Waals surface area (Å²) in [4.78, 5) is 183. The van der Waals surface area contributed by atoms with Crippen molar-refractivity contribution in [2.45, 2.75) is 258 Å². The molecule has 36 heteroatoms. The minimum atomic E-state index is -0.953. The van der Waals surface area contributed by atoms with Crippen molar-refractivity contribution in [2.24, 2.45) is 0 Å². The lowest BCUT2D eigenvalue weighted by Gasteiger charge is -2.39. The highest BCUT2D eigenvalue weighted by molar-refractivity contribution is 8.01. The predicted octanol–water partition coefficient (Wildman–Crippen LogP) is 7.07. The molecule has 12 amide bonds. The van der Waals surface area contributed by atoms with Crippen LogP contribution in [0, 0.1) is 0 Å². The number of hydrazine groups is 2. The van der Waals surface area contributed by atoms with Crippen molar-refractivity contribution < 1.29 is 88.2 Å². The largest absolute Gasteiger partial charge is 0.481 e. The highest BCUT2D eigenvalue weighted by atomic mass is 32.2. The summed E-state index contributed by atoms with van der Waals surface area (Å²) in [6.07, 6.45) is 8.08. The molecule has 13 heterocycles. The molecule has 13 saturated heterocycles. The van der Waals surface area contributed by atoms with E-state index in [4.69, 9.17) is 0 Å². The number of carbonyl (C=O) groups is 12. The first-order chi connectivity index (χ1) is 48.1. The summed E-state index contributed by atoms with van der Waals surface area (Å²) in [6, 6.07) is -9.93. The van der Waals surface area contributed by atoms with Gasteiger partial charge in [0.15, 0.2) is 0 Å². The topological polar surface area (TPSA) is 365 Å². The maximum atomic E-state index is 16.8. The lowest BCUT2D eigenvalue weighted by molar-refractivity contribution is -0.138. The zero-order chi connectivity index (χ0) is 70.5. The first kappa shape index (κ1) is 72.9. The van der Waals surface area contributed by atoms with Crippen LogP contribution in [0.4, 0.5) is 28.8 Å². The zero-order valence-electron chi connectivity index (χ0n) is 55.8. The number of fused-ring (bicyclic) bond motifs is 32. The summed E-state index contributed by atoms with van der Waals surface area (Å²) >= 11 is 9.82.